The lowest BCUT2D eigenvalue weighted by atomic mass is 9.84. The third-order valence-corrected chi connectivity index (χ3v) is 4.91. The summed E-state index contributed by atoms with van der Waals surface area (Å²) >= 11 is 3.71. The fourth-order valence-corrected chi connectivity index (χ4v) is 2.95. The van der Waals surface area contributed by atoms with E-state index in [1.807, 2.05) is 0 Å². The molecule has 1 aromatic carbocycles. The maximum atomic E-state index is 3.71. The number of benzene rings is 1. The van der Waals surface area contributed by atoms with Crippen molar-refractivity contribution in [3.63, 3.8) is 0 Å². The second-order valence-corrected chi connectivity index (χ2v) is 5.98. The zero-order valence-electron chi connectivity index (χ0n) is 10.1. The van der Waals surface area contributed by atoms with Gasteiger partial charge in [0.1, 0.15) is 0 Å². The number of hydrogen-bond acceptors (Lipinski definition) is 0. The Kier molecular flexibility index (Phi) is 4.45. The van der Waals surface area contributed by atoms with Crippen molar-refractivity contribution >= 4 is 15.9 Å². The fraction of sp³-hybridized carbons (Fsp3) is 0.600. The van der Waals surface area contributed by atoms with Crippen LogP contribution in [0.1, 0.15) is 67.3 Å². The van der Waals surface area contributed by atoms with Crippen molar-refractivity contribution < 1.29 is 0 Å². The second-order valence-electron chi connectivity index (χ2n) is 4.88. The van der Waals surface area contributed by atoms with Crippen LogP contribution in [-0.4, -0.2) is 0 Å². The van der Waals surface area contributed by atoms with E-state index in [1.165, 1.54) is 37.7 Å². The first kappa shape index (κ1) is 12.2. The topological polar surface area (TPSA) is 0 Å². The van der Waals surface area contributed by atoms with Crippen molar-refractivity contribution in [2.24, 2.45) is 0 Å². The number of rotatable bonds is 3. The molecule has 1 aliphatic rings. The molecule has 1 saturated carbocycles. The maximum absolute atomic E-state index is 3.71. The SMILES string of the molecule is CCC(Br)c1ccc(C2CCCCC2)cc1. The molecule has 0 saturated heterocycles. The third kappa shape index (κ3) is 2.88. The van der Waals surface area contributed by atoms with Crippen LogP contribution in [-0.2, 0) is 0 Å². The molecule has 0 amide bonds. The minimum absolute atomic E-state index is 0.521. The van der Waals surface area contributed by atoms with E-state index in [9.17, 15) is 0 Å². The Morgan fingerprint density at radius 1 is 1.12 bits per heavy atom. The Morgan fingerprint density at radius 3 is 2.31 bits per heavy atom. The van der Waals surface area contributed by atoms with Crippen LogP contribution in [0, 0.1) is 0 Å². The Hall–Kier alpha value is -0.300. The summed E-state index contributed by atoms with van der Waals surface area (Å²) < 4.78 is 0. The van der Waals surface area contributed by atoms with Crippen LogP contribution in [0.15, 0.2) is 24.3 Å². The molecule has 2 rings (SSSR count). The van der Waals surface area contributed by atoms with Crippen molar-refractivity contribution in [2.45, 2.75) is 56.2 Å². The minimum Gasteiger partial charge on any atom is -0.0839 e. The standard InChI is InChI=1S/C15H21Br/c1-2-15(16)14-10-8-13(9-11-14)12-6-4-3-5-7-12/h8-12,15H,2-7H2,1H3. The lowest BCUT2D eigenvalue weighted by Gasteiger charge is -2.22. The van der Waals surface area contributed by atoms with Gasteiger partial charge in [-0.25, -0.2) is 0 Å². The lowest BCUT2D eigenvalue weighted by molar-refractivity contribution is 0.443. The molecule has 0 heterocycles. The van der Waals surface area contributed by atoms with Gasteiger partial charge in [-0.05, 0) is 36.3 Å². The van der Waals surface area contributed by atoms with Crippen molar-refractivity contribution in [1.82, 2.24) is 0 Å². The maximum Gasteiger partial charge on any atom is 0.0392 e. The molecular formula is C15H21Br. The lowest BCUT2D eigenvalue weighted by Crippen LogP contribution is -2.04. The summed E-state index contributed by atoms with van der Waals surface area (Å²) in [5.41, 5.74) is 2.97. The van der Waals surface area contributed by atoms with Gasteiger partial charge in [0, 0.05) is 4.83 Å². The molecule has 0 nitrogen and oxygen atoms in total. The molecule has 0 spiro atoms. The van der Waals surface area contributed by atoms with E-state index in [2.05, 4.69) is 47.1 Å². The Morgan fingerprint density at radius 2 is 1.75 bits per heavy atom. The average molecular weight is 281 g/mol. The molecule has 1 aromatic rings. The molecular weight excluding hydrogens is 260 g/mol. The molecule has 0 aliphatic heterocycles. The highest BCUT2D eigenvalue weighted by Crippen LogP contribution is 2.34. The molecule has 1 fully saturated rings. The van der Waals surface area contributed by atoms with Gasteiger partial charge in [-0.1, -0.05) is 66.4 Å². The van der Waals surface area contributed by atoms with Gasteiger partial charge in [0.05, 0.1) is 0 Å². The summed E-state index contributed by atoms with van der Waals surface area (Å²) in [6, 6.07) is 9.28. The largest absolute Gasteiger partial charge is 0.0839 e. The Balaban J connectivity index is 2.06. The van der Waals surface area contributed by atoms with Crippen molar-refractivity contribution in [1.29, 1.82) is 0 Å². The fourth-order valence-electron chi connectivity index (χ4n) is 2.65. The molecule has 1 atom stereocenters. The second kappa shape index (κ2) is 5.86. The molecule has 0 N–H and O–H groups in total. The van der Waals surface area contributed by atoms with Gasteiger partial charge < -0.3 is 0 Å². The van der Waals surface area contributed by atoms with E-state index in [4.69, 9.17) is 0 Å². The van der Waals surface area contributed by atoms with Crippen LogP contribution in [0.25, 0.3) is 0 Å². The number of halogens is 1. The highest BCUT2D eigenvalue weighted by molar-refractivity contribution is 9.09. The normalized spacial score (nSPS) is 19.6. The average Bonchev–Trinajstić information content (AvgIpc) is 2.39. The monoisotopic (exact) mass is 280 g/mol. The van der Waals surface area contributed by atoms with Gasteiger partial charge in [-0.2, -0.15) is 0 Å². The van der Waals surface area contributed by atoms with Gasteiger partial charge in [-0.15, -0.1) is 0 Å². The first-order valence-electron chi connectivity index (χ1n) is 6.55. The summed E-state index contributed by atoms with van der Waals surface area (Å²) in [4.78, 5) is 0.521. The minimum atomic E-state index is 0.521. The van der Waals surface area contributed by atoms with Crippen LogP contribution < -0.4 is 0 Å². The Bertz CT molecular complexity index is 309. The van der Waals surface area contributed by atoms with Gasteiger partial charge >= 0.3 is 0 Å². The van der Waals surface area contributed by atoms with Gasteiger partial charge in [0.15, 0.2) is 0 Å². The highest BCUT2D eigenvalue weighted by Gasteiger charge is 2.15. The van der Waals surface area contributed by atoms with E-state index >= 15 is 0 Å². The Labute approximate surface area is 108 Å². The summed E-state index contributed by atoms with van der Waals surface area (Å²) in [7, 11) is 0. The summed E-state index contributed by atoms with van der Waals surface area (Å²) in [5.74, 6) is 0.832. The van der Waals surface area contributed by atoms with Crippen LogP contribution in [0.4, 0.5) is 0 Å². The van der Waals surface area contributed by atoms with E-state index in [0.29, 0.717) is 4.83 Å². The summed E-state index contributed by atoms with van der Waals surface area (Å²) in [5, 5.41) is 0. The van der Waals surface area contributed by atoms with Crippen LogP contribution in [0.5, 0.6) is 0 Å². The smallest absolute Gasteiger partial charge is 0.0392 e. The van der Waals surface area contributed by atoms with Crippen LogP contribution in [0.2, 0.25) is 0 Å². The zero-order chi connectivity index (χ0) is 11.4. The number of alkyl halides is 1. The molecule has 0 bridgehead atoms. The predicted octanol–water partition coefficient (Wildman–Crippen LogP) is 5.58. The van der Waals surface area contributed by atoms with Crippen LogP contribution in [0.3, 0.4) is 0 Å². The highest BCUT2D eigenvalue weighted by atomic mass is 79.9. The van der Waals surface area contributed by atoms with Crippen molar-refractivity contribution in [2.75, 3.05) is 0 Å². The van der Waals surface area contributed by atoms with E-state index < -0.39 is 0 Å². The third-order valence-electron chi connectivity index (χ3n) is 3.73. The number of hydrogen-bond donors (Lipinski definition) is 0. The van der Waals surface area contributed by atoms with Gasteiger partial charge in [-0.3, -0.25) is 0 Å². The van der Waals surface area contributed by atoms with E-state index in [1.54, 1.807) is 5.56 Å². The first-order valence-corrected chi connectivity index (χ1v) is 7.46. The predicted molar refractivity (Wildman–Crippen MR) is 74.2 cm³/mol. The van der Waals surface area contributed by atoms with Crippen molar-refractivity contribution in [3.8, 4) is 0 Å². The zero-order valence-corrected chi connectivity index (χ0v) is 11.7. The molecule has 0 aromatic heterocycles. The van der Waals surface area contributed by atoms with Crippen molar-refractivity contribution in [3.05, 3.63) is 35.4 Å². The molecule has 1 aliphatic carbocycles. The van der Waals surface area contributed by atoms with Gasteiger partial charge in [0.25, 0.3) is 0 Å². The molecule has 88 valence electrons. The summed E-state index contributed by atoms with van der Waals surface area (Å²) in [6.07, 6.45) is 8.22. The summed E-state index contributed by atoms with van der Waals surface area (Å²) in [6.45, 7) is 2.22. The molecule has 16 heavy (non-hydrogen) atoms. The van der Waals surface area contributed by atoms with E-state index in [-0.39, 0.29) is 0 Å². The quantitative estimate of drug-likeness (QED) is 0.634. The first-order chi connectivity index (χ1) is 7.81. The van der Waals surface area contributed by atoms with Gasteiger partial charge in [0.2, 0.25) is 0 Å². The molecule has 1 unspecified atom stereocenters. The van der Waals surface area contributed by atoms with E-state index in [0.717, 1.165) is 12.3 Å². The van der Waals surface area contributed by atoms with Crippen LogP contribution >= 0.6 is 15.9 Å². The molecule has 0 radical (unpaired) electrons. The molecule has 1 heteroatoms.